The van der Waals surface area contributed by atoms with Gasteiger partial charge in [0.05, 0.1) is 24.0 Å². The molecule has 1 N–H and O–H groups in total. The number of hydrogen-bond donors (Lipinski definition) is 1. The number of nitrogens with zero attached hydrogens (tertiary/aromatic N) is 2. The Morgan fingerprint density at radius 3 is 2.37 bits per heavy atom. The van der Waals surface area contributed by atoms with Gasteiger partial charge in [-0.3, -0.25) is 10.2 Å². The van der Waals surface area contributed by atoms with E-state index in [0.29, 0.717) is 11.8 Å². The first-order valence-electron chi connectivity index (χ1n) is 10.3. The molecule has 0 bridgehead atoms. The van der Waals surface area contributed by atoms with Crippen molar-refractivity contribution in [3.63, 3.8) is 0 Å². The molecule has 5 nitrogen and oxygen atoms in total. The molecule has 3 atom stereocenters. The number of ether oxygens (including phenoxy) is 1. The highest BCUT2D eigenvalue weighted by molar-refractivity contribution is 6.02. The van der Waals surface area contributed by atoms with Gasteiger partial charge in [-0.15, -0.1) is 0 Å². The van der Waals surface area contributed by atoms with Crippen molar-refractivity contribution in [3.05, 3.63) is 90.0 Å². The third-order valence-electron chi connectivity index (χ3n) is 6.18. The van der Waals surface area contributed by atoms with Crippen molar-refractivity contribution in [1.29, 1.82) is 0 Å². The Morgan fingerprint density at radius 1 is 0.933 bits per heavy atom. The van der Waals surface area contributed by atoms with Crippen molar-refractivity contribution >= 4 is 17.3 Å². The minimum atomic E-state index is -0.0697. The van der Waals surface area contributed by atoms with Crippen LogP contribution < -0.4 is 15.1 Å². The zero-order valence-electron chi connectivity index (χ0n) is 17.2. The van der Waals surface area contributed by atoms with Gasteiger partial charge in [0.15, 0.2) is 0 Å². The van der Waals surface area contributed by atoms with E-state index < -0.39 is 0 Å². The van der Waals surface area contributed by atoms with E-state index in [-0.39, 0.29) is 12.1 Å². The molecule has 1 fully saturated rings. The summed E-state index contributed by atoms with van der Waals surface area (Å²) in [6.07, 6.45) is 0.976. The van der Waals surface area contributed by atoms with Gasteiger partial charge in [0.25, 0.3) is 5.91 Å². The summed E-state index contributed by atoms with van der Waals surface area (Å²) in [4.78, 5) is 15.7. The van der Waals surface area contributed by atoms with Crippen LogP contribution in [-0.2, 0) is 0 Å². The first-order valence-corrected chi connectivity index (χ1v) is 10.3. The van der Waals surface area contributed by atoms with Crippen LogP contribution in [0.3, 0.4) is 0 Å². The molecule has 1 aliphatic carbocycles. The van der Waals surface area contributed by atoms with Crippen LogP contribution in [0.5, 0.6) is 5.75 Å². The molecule has 3 aromatic rings. The summed E-state index contributed by atoms with van der Waals surface area (Å²) >= 11 is 0. The van der Waals surface area contributed by atoms with E-state index in [1.165, 1.54) is 5.56 Å². The van der Waals surface area contributed by atoms with E-state index >= 15 is 0 Å². The molecule has 5 heteroatoms. The molecular formula is C25H25N3O2. The Kier molecular flexibility index (Phi) is 4.58. The number of carbonyl (C=O) groups excluding carboxylic acids is 1. The van der Waals surface area contributed by atoms with Gasteiger partial charge in [0.2, 0.25) is 0 Å². The van der Waals surface area contributed by atoms with Crippen LogP contribution in [0.4, 0.5) is 11.4 Å². The molecule has 1 aliphatic heterocycles. The minimum absolute atomic E-state index is 0.0120. The zero-order valence-corrected chi connectivity index (χ0v) is 17.2. The Morgan fingerprint density at radius 2 is 1.63 bits per heavy atom. The Bertz CT molecular complexity index is 1050. The normalized spacial score (nSPS) is 22.5. The molecule has 152 valence electrons. The number of carbonyl (C=O) groups is 1. The predicted octanol–water partition coefficient (Wildman–Crippen LogP) is 4.74. The van der Waals surface area contributed by atoms with E-state index in [1.54, 1.807) is 7.11 Å². The molecule has 0 spiro atoms. The molecule has 0 saturated heterocycles. The van der Waals surface area contributed by atoms with Crippen molar-refractivity contribution in [2.45, 2.75) is 18.5 Å². The fraction of sp³-hybridized carbons (Fsp3) is 0.240. The summed E-state index contributed by atoms with van der Waals surface area (Å²) in [5, 5.41) is 1.81. The lowest BCUT2D eigenvalue weighted by molar-refractivity contribution is 0.0687. The number of amides is 1. The van der Waals surface area contributed by atoms with Crippen LogP contribution >= 0.6 is 0 Å². The summed E-state index contributed by atoms with van der Waals surface area (Å²) in [5.74, 6) is 1.64. The van der Waals surface area contributed by atoms with E-state index in [2.05, 4.69) is 29.5 Å². The molecular weight excluding hydrogens is 374 g/mol. The third-order valence-corrected chi connectivity index (χ3v) is 6.18. The number of nitrogens with one attached hydrogen (secondary N) is 1. The molecule has 1 saturated carbocycles. The molecule has 0 aromatic heterocycles. The highest BCUT2D eigenvalue weighted by Gasteiger charge is 2.51. The number of para-hydroxylation sites is 2. The standard InChI is InChI=1S/C25H25N3O2/c1-27-23-11-7-6-10-20(23)25(29)28(26-18-8-4-3-5-9-18)24(27)22-16-21(22)17-12-14-19(30-2)15-13-17/h3-15,21-22,24,26H,16H2,1-2H3/t21-,22+,24+/m0/s1. The number of fused-ring (bicyclic) bond motifs is 1. The molecule has 30 heavy (non-hydrogen) atoms. The van der Waals surface area contributed by atoms with Crippen molar-refractivity contribution in [1.82, 2.24) is 5.01 Å². The average Bonchev–Trinajstić information content (AvgIpc) is 3.58. The monoisotopic (exact) mass is 399 g/mol. The number of rotatable bonds is 5. The fourth-order valence-corrected chi connectivity index (χ4v) is 4.55. The van der Waals surface area contributed by atoms with Gasteiger partial charge < -0.3 is 9.64 Å². The van der Waals surface area contributed by atoms with E-state index in [0.717, 1.165) is 29.1 Å². The molecule has 0 unspecified atom stereocenters. The number of anilines is 2. The van der Waals surface area contributed by atoms with Crippen LogP contribution in [0.2, 0.25) is 0 Å². The predicted molar refractivity (Wildman–Crippen MR) is 119 cm³/mol. The quantitative estimate of drug-likeness (QED) is 0.673. The Hall–Kier alpha value is -3.47. The van der Waals surface area contributed by atoms with E-state index in [9.17, 15) is 4.79 Å². The van der Waals surface area contributed by atoms with Gasteiger partial charge in [-0.05, 0) is 54.3 Å². The van der Waals surface area contributed by atoms with Crippen LogP contribution in [-0.4, -0.2) is 31.2 Å². The number of benzene rings is 3. The average molecular weight is 399 g/mol. The first kappa shape index (κ1) is 18.6. The molecule has 1 heterocycles. The lowest BCUT2D eigenvalue weighted by Gasteiger charge is -2.44. The summed E-state index contributed by atoms with van der Waals surface area (Å²) in [5.41, 5.74) is 7.29. The van der Waals surface area contributed by atoms with Gasteiger partial charge in [-0.1, -0.05) is 42.5 Å². The van der Waals surface area contributed by atoms with Crippen molar-refractivity contribution < 1.29 is 9.53 Å². The van der Waals surface area contributed by atoms with Gasteiger partial charge in [0.1, 0.15) is 11.9 Å². The second-order valence-electron chi connectivity index (χ2n) is 7.97. The van der Waals surface area contributed by atoms with Crippen molar-refractivity contribution in [2.24, 2.45) is 5.92 Å². The summed E-state index contributed by atoms with van der Waals surface area (Å²) < 4.78 is 5.29. The van der Waals surface area contributed by atoms with Gasteiger partial charge in [-0.25, -0.2) is 5.01 Å². The first-order chi connectivity index (χ1) is 14.7. The number of hydrogen-bond acceptors (Lipinski definition) is 4. The lowest BCUT2D eigenvalue weighted by Crippen LogP contribution is -2.57. The maximum absolute atomic E-state index is 13.5. The van der Waals surface area contributed by atoms with E-state index in [1.807, 2.05) is 71.7 Å². The number of methoxy groups -OCH3 is 1. The molecule has 3 aromatic carbocycles. The molecule has 1 amide bonds. The van der Waals surface area contributed by atoms with Crippen LogP contribution in [0.15, 0.2) is 78.9 Å². The van der Waals surface area contributed by atoms with Crippen LogP contribution in [0.1, 0.15) is 28.3 Å². The number of hydrazine groups is 1. The van der Waals surface area contributed by atoms with Gasteiger partial charge in [0, 0.05) is 13.0 Å². The third kappa shape index (κ3) is 3.16. The fourth-order valence-electron chi connectivity index (χ4n) is 4.55. The lowest BCUT2D eigenvalue weighted by atomic mass is 10.0. The molecule has 5 rings (SSSR count). The van der Waals surface area contributed by atoms with Crippen molar-refractivity contribution in [2.75, 3.05) is 24.5 Å². The zero-order chi connectivity index (χ0) is 20.7. The highest BCUT2D eigenvalue weighted by Crippen LogP contribution is 2.53. The molecule has 0 radical (unpaired) electrons. The SMILES string of the molecule is COc1ccc([C@@H]2C[C@H]2[C@H]2N(Nc3ccccc3)C(=O)c3ccccc3N2C)cc1. The second-order valence-corrected chi connectivity index (χ2v) is 7.97. The summed E-state index contributed by atoms with van der Waals surface area (Å²) in [6.45, 7) is 0. The minimum Gasteiger partial charge on any atom is -0.497 e. The second kappa shape index (κ2) is 7.41. The maximum Gasteiger partial charge on any atom is 0.276 e. The van der Waals surface area contributed by atoms with Crippen molar-refractivity contribution in [3.8, 4) is 5.75 Å². The smallest absolute Gasteiger partial charge is 0.276 e. The van der Waals surface area contributed by atoms with E-state index in [4.69, 9.17) is 4.74 Å². The summed E-state index contributed by atoms with van der Waals surface area (Å²) in [7, 11) is 3.77. The maximum atomic E-state index is 13.5. The van der Waals surface area contributed by atoms with Gasteiger partial charge in [-0.2, -0.15) is 0 Å². The Labute approximate surface area is 176 Å². The highest BCUT2D eigenvalue weighted by atomic mass is 16.5. The van der Waals surface area contributed by atoms with Gasteiger partial charge >= 0.3 is 0 Å². The van der Waals surface area contributed by atoms with Crippen LogP contribution in [0, 0.1) is 5.92 Å². The summed E-state index contributed by atoms with van der Waals surface area (Å²) in [6, 6.07) is 26.0. The van der Waals surface area contributed by atoms with Crippen LogP contribution in [0.25, 0.3) is 0 Å². The molecule has 2 aliphatic rings. The Balaban J connectivity index is 1.48. The topological polar surface area (TPSA) is 44.8 Å². The largest absolute Gasteiger partial charge is 0.497 e.